The zero-order valence-corrected chi connectivity index (χ0v) is 11.4. The van der Waals surface area contributed by atoms with Crippen LogP contribution < -0.4 is 0 Å². The number of hydrogen-bond donors (Lipinski definition) is 1. The van der Waals surface area contributed by atoms with Crippen LogP contribution in [0.1, 0.15) is 26.2 Å². The summed E-state index contributed by atoms with van der Waals surface area (Å²) in [6.07, 6.45) is 1.68. The van der Waals surface area contributed by atoms with Gasteiger partial charge in [-0.1, -0.05) is 6.92 Å². The first-order valence-corrected chi connectivity index (χ1v) is 6.93. The molecule has 0 aromatic heterocycles. The number of rotatable bonds is 2. The third kappa shape index (κ3) is 3.83. The van der Waals surface area contributed by atoms with Crippen molar-refractivity contribution in [3.63, 3.8) is 0 Å². The summed E-state index contributed by atoms with van der Waals surface area (Å²) in [5.41, 5.74) is 0. The first kappa shape index (κ1) is 14.1. The highest BCUT2D eigenvalue weighted by Gasteiger charge is 2.30. The number of nitrogens with zero attached hydrogens (tertiary/aromatic N) is 2. The van der Waals surface area contributed by atoms with Crippen molar-refractivity contribution < 1.29 is 19.4 Å². The molecule has 0 saturated carbocycles. The van der Waals surface area contributed by atoms with Crippen molar-refractivity contribution in [2.75, 3.05) is 32.8 Å². The van der Waals surface area contributed by atoms with Crippen LogP contribution in [0.25, 0.3) is 0 Å². The van der Waals surface area contributed by atoms with E-state index in [9.17, 15) is 9.59 Å². The second-order valence-electron chi connectivity index (χ2n) is 5.49. The Hall–Kier alpha value is -1.30. The Morgan fingerprint density at radius 1 is 1.21 bits per heavy atom. The maximum atomic E-state index is 12.3. The van der Waals surface area contributed by atoms with Gasteiger partial charge in [0.1, 0.15) is 0 Å². The average molecular weight is 270 g/mol. The fourth-order valence-corrected chi connectivity index (χ4v) is 2.61. The van der Waals surface area contributed by atoms with Crippen molar-refractivity contribution in [2.45, 2.75) is 32.3 Å². The quantitative estimate of drug-likeness (QED) is 0.813. The van der Waals surface area contributed by atoms with Gasteiger partial charge in [-0.25, -0.2) is 4.79 Å². The van der Waals surface area contributed by atoms with Gasteiger partial charge in [0.05, 0.1) is 19.1 Å². The van der Waals surface area contributed by atoms with Crippen molar-refractivity contribution >= 4 is 12.0 Å². The zero-order chi connectivity index (χ0) is 13.8. The van der Waals surface area contributed by atoms with Gasteiger partial charge in [0.25, 0.3) is 0 Å². The molecule has 2 aliphatic rings. The topological polar surface area (TPSA) is 70.1 Å². The number of carboxylic acids is 1. The number of piperidine rings is 1. The fraction of sp³-hybridized carbons (Fsp3) is 0.846. The van der Waals surface area contributed by atoms with Crippen LogP contribution in [0.5, 0.6) is 0 Å². The van der Waals surface area contributed by atoms with Gasteiger partial charge < -0.3 is 19.6 Å². The van der Waals surface area contributed by atoms with Gasteiger partial charge in [-0.2, -0.15) is 0 Å². The number of morpholine rings is 1. The van der Waals surface area contributed by atoms with Crippen LogP contribution >= 0.6 is 0 Å². The minimum Gasteiger partial charge on any atom is -0.481 e. The third-order valence-corrected chi connectivity index (χ3v) is 3.87. The number of amides is 2. The molecule has 0 aromatic rings. The van der Waals surface area contributed by atoms with Crippen LogP contribution in [-0.4, -0.2) is 65.8 Å². The predicted molar refractivity (Wildman–Crippen MR) is 68.9 cm³/mol. The van der Waals surface area contributed by atoms with Crippen LogP contribution in [0.15, 0.2) is 0 Å². The Bertz CT molecular complexity index is 340. The van der Waals surface area contributed by atoms with Gasteiger partial charge in [0.15, 0.2) is 0 Å². The van der Waals surface area contributed by atoms with Gasteiger partial charge in [0, 0.05) is 26.2 Å². The van der Waals surface area contributed by atoms with E-state index in [0.717, 1.165) is 25.9 Å². The summed E-state index contributed by atoms with van der Waals surface area (Å²) in [6, 6.07) is 0.0330. The molecule has 0 aliphatic carbocycles. The first-order valence-electron chi connectivity index (χ1n) is 6.93. The second-order valence-corrected chi connectivity index (χ2v) is 5.49. The molecular weight excluding hydrogens is 248 g/mol. The minimum absolute atomic E-state index is 0.0330. The van der Waals surface area contributed by atoms with Crippen LogP contribution in [0.2, 0.25) is 0 Å². The fourth-order valence-electron chi connectivity index (χ4n) is 2.61. The second kappa shape index (κ2) is 6.23. The number of hydrogen-bond acceptors (Lipinski definition) is 3. The number of likely N-dealkylation sites (tertiary alicyclic amines) is 1. The van der Waals surface area contributed by atoms with E-state index in [1.54, 1.807) is 4.90 Å². The van der Waals surface area contributed by atoms with Crippen LogP contribution in [0.4, 0.5) is 4.79 Å². The van der Waals surface area contributed by atoms with Crippen LogP contribution in [-0.2, 0) is 9.53 Å². The maximum absolute atomic E-state index is 12.3. The third-order valence-electron chi connectivity index (χ3n) is 3.87. The number of ether oxygens (including phenoxy) is 1. The Labute approximate surface area is 113 Å². The van der Waals surface area contributed by atoms with Gasteiger partial charge in [-0.15, -0.1) is 0 Å². The number of carbonyl (C=O) groups is 2. The van der Waals surface area contributed by atoms with Gasteiger partial charge >= 0.3 is 12.0 Å². The summed E-state index contributed by atoms with van der Waals surface area (Å²) >= 11 is 0. The number of aliphatic carboxylic acids is 1. The van der Waals surface area contributed by atoms with E-state index in [4.69, 9.17) is 9.84 Å². The zero-order valence-electron chi connectivity index (χ0n) is 11.4. The molecule has 2 heterocycles. The molecule has 2 aliphatic heterocycles. The summed E-state index contributed by atoms with van der Waals surface area (Å²) in [5.74, 6) is -0.195. The van der Waals surface area contributed by atoms with Crippen molar-refractivity contribution in [3.05, 3.63) is 0 Å². The highest BCUT2D eigenvalue weighted by atomic mass is 16.5. The normalized spacial score (nSPS) is 25.4. The minimum atomic E-state index is -0.883. The maximum Gasteiger partial charge on any atom is 0.320 e. The first-order chi connectivity index (χ1) is 9.06. The van der Waals surface area contributed by atoms with E-state index < -0.39 is 5.97 Å². The lowest BCUT2D eigenvalue weighted by atomic mass is 9.99. The molecule has 0 bridgehead atoms. The van der Waals surface area contributed by atoms with Crippen LogP contribution in [0, 0.1) is 5.92 Å². The molecule has 6 nitrogen and oxygen atoms in total. The smallest absolute Gasteiger partial charge is 0.320 e. The summed E-state index contributed by atoms with van der Waals surface area (Å²) in [6.45, 7) is 5.19. The number of carboxylic acid groups (broad SMARTS) is 1. The van der Waals surface area contributed by atoms with Crippen molar-refractivity contribution in [2.24, 2.45) is 5.92 Å². The highest BCUT2D eigenvalue weighted by Crippen LogP contribution is 2.18. The number of urea groups is 1. The largest absolute Gasteiger partial charge is 0.481 e. The summed E-state index contributed by atoms with van der Waals surface area (Å²) in [7, 11) is 0. The molecule has 0 spiro atoms. The Balaban J connectivity index is 1.86. The van der Waals surface area contributed by atoms with E-state index in [-0.39, 0.29) is 18.6 Å². The molecule has 19 heavy (non-hydrogen) atoms. The molecule has 0 aromatic carbocycles. The van der Waals surface area contributed by atoms with Gasteiger partial charge in [0.2, 0.25) is 0 Å². The van der Waals surface area contributed by atoms with E-state index in [1.165, 1.54) is 0 Å². The highest BCUT2D eigenvalue weighted by molar-refractivity contribution is 5.75. The molecule has 2 fully saturated rings. The Kier molecular flexibility index (Phi) is 4.63. The van der Waals surface area contributed by atoms with E-state index in [0.29, 0.717) is 25.6 Å². The van der Waals surface area contributed by atoms with Crippen LogP contribution in [0.3, 0.4) is 0 Å². The van der Waals surface area contributed by atoms with Crippen molar-refractivity contribution in [1.29, 1.82) is 0 Å². The molecule has 2 saturated heterocycles. The Morgan fingerprint density at radius 2 is 1.89 bits per heavy atom. The molecule has 2 rings (SSSR count). The molecular formula is C13H22N2O4. The molecule has 2 amide bonds. The van der Waals surface area contributed by atoms with E-state index in [2.05, 4.69) is 6.92 Å². The standard InChI is InChI=1S/C13H22N2O4/c1-10-2-4-14(5-3-10)13(18)15-6-7-19-11(9-15)8-12(16)17/h10-11H,2-9H2,1H3,(H,16,17). The van der Waals surface area contributed by atoms with Crippen molar-refractivity contribution in [1.82, 2.24) is 9.80 Å². The van der Waals surface area contributed by atoms with E-state index >= 15 is 0 Å². The SMILES string of the molecule is CC1CCN(C(=O)N2CCOC(CC(=O)O)C2)CC1. The lowest BCUT2D eigenvalue weighted by molar-refractivity contribution is -0.141. The summed E-state index contributed by atoms with van der Waals surface area (Å²) < 4.78 is 5.38. The predicted octanol–water partition coefficient (Wildman–Crippen LogP) is 1.01. The lowest BCUT2D eigenvalue weighted by Crippen LogP contribution is -2.52. The number of carbonyl (C=O) groups excluding carboxylic acids is 1. The molecule has 1 N–H and O–H groups in total. The average Bonchev–Trinajstić information content (AvgIpc) is 2.38. The van der Waals surface area contributed by atoms with Gasteiger partial charge in [-0.3, -0.25) is 4.79 Å². The molecule has 0 radical (unpaired) electrons. The monoisotopic (exact) mass is 270 g/mol. The van der Waals surface area contributed by atoms with Gasteiger partial charge in [-0.05, 0) is 18.8 Å². The molecule has 108 valence electrons. The molecule has 6 heteroatoms. The summed E-state index contributed by atoms with van der Waals surface area (Å²) in [4.78, 5) is 26.6. The molecule has 1 unspecified atom stereocenters. The van der Waals surface area contributed by atoms with Crippen molar-refractivity contribution in [3.8, 4) is 0 Å². The lowest BCUT2D eigenvalue weighted by Gasteiger charge is -2.38. The van der Waals surface area contributed by atoms with E-state index in [1.807, 2.05) is 4.90 Å². The molecule has 1 atom stereocenters. The Morgan fingerprint density at radius 3 is 2.53 bits per heavy atom. The summed E-state index contributed by atoms with van der Waals surface area (Å²) in [5, 5.41) is 8.77.